The normalized spacial score (nSPS) is 34.3. The van der Waals surface area contributed by atoms with Crippen LogP contribution < -0.4 is 10.6 Å². The standard InChI is InChI=1S/C23H31N3O2/c27-21(25-23-13-16-10-17(14-23)12-18(11-16)15-23)19-6-8-26(9-7-19)22(28)24-20-4-2-1-3-5-20/h1-5,16-19H,6-15H2,(H,24,28)(H,25,27). The maximum atomic E-state index is 13.0. The quantitative estimate of drug-likeness (QED) is 0.831. The molecule has 5 heteroatoms. The van der Waals surface area contributed by atoms with E-state index < -0.39 is 0 Å². The Bertz CT molecular complexity index is 704. The highest BCUT2D eigenvalue weighted by molar-refractivity contribution is 5.89. The summed E-state index contributed by atoms with van der Waals surface area (Å²) < 4.78 is 0. The number of carbonyl (C=O) groups is 2. The fraction of sp³-hybridized carbons (Fsp3) is 0.652. The molecule has 3 amide bonds. The van der Waals surface area contributed by atoms with Gasteiger partial charge in [-0.1, -0.05) is 18.2 Å². The minimum absolute atomic E-state index is 0.0498. The summed E-state index contributed by atoms with van der Waals surface area (Å²) in [7, 11) is 0. The van der Waals surface area contributed by atoms with E-state index in [-0.39, 0.29) is 23.4 Å². The van der Waals surface area contributed by atoms with Crippen molar-refractivity contribution in [3.05, 3.63) is 30.3 Å². The average Bonchev–Trinajstić information content (AvgIpc) is 2.67. The van der Waals surface area contributed by atoms with Crippen molar-refractivity contribution in [2.24, 2.45) is 23.7 Å². The molecular weight excluding hydrogens is 350 g/mol. The van der Waals surface area contributed by atoms with E-state index in [1.165, 1.54) is 38.5 Å². The molecule has 5 aliphatic rings. The summed E-state index contributed by atoms with van der Waals surface area (Å²) in [5.41, 5.74) is 0.905. The minimum atomic E-state index is -0.0638. The van der Waals surface area contributed by atoms with Gasteiger partial charge in [0, 0.05) is 30.2 Å². The van der Waals surface area contributed by atoms with Gasteiger partial charge in [0.15, 0.2) is 0 Å². The molecule has 0 aromatic heterocycles. The maximum absolute atomic E-state index is 13.0. The first-order valence-electron chi connectivity index (χ1n) is 11.0. The van der Waals surface area contributed by atoms with Crippen LogP contribution >= 0.6 is 0 Å². The molecule has 0 unspecified atom stereocenters. The van der Waals surface area contributed by atoms with Crippen LogP contribution in [0.3, 0.4) is 0 Å². The van der Waals surface area contributed by atoms with Crippen molar-refractivity contribution in [1.29, 1.82) is 0 Å². The van der Waals surface area contributed by atoms with Crippen LogP contribution in [0.1, 0.15) is 51.4 Å². The number of nitrogens with zero attached hydrogens (tertiary/aromatic N) is 1. The lowest BCUT2D eigenvalue weighted by Gasteiger charge is -2.57. The van der Waals surface area contributed by atoms with Crippen molar-refractivity contribution in [2.45, 2.75) is 56.9 Å². The Balaban J connectivity index is 1.14. The zero-order chi connectivity index (χ0) is 19.1. The fourth-order valence-electron chi connectivity index (χ4n) is 6.70. The van der Waals surface area contributed by atoms with Gasteiger partial charge in [-0.2, -0.15) is 0 Å². The molecule has 28 heavy (non-hydrogen) atoms. The highest BCUT2D eigenvalue weighted by atomic mass is 16.2. The number of hydrogen-bond donors (Lipinski definition) is 2. The molecular formula is C23H31N3O2. The molecule has 0 atom stereocenters. The third-order valence-corrected chi connectivity index (χ3v) is 7.60. The Morgan fingerprint density at radius 3 is 2.04 bits per heavy atom. The van der Waals surface area contributed by atoms with Gasteiger partial charge in [0.05, 0.1) is 0 Å². The minimum Gasteiger partial charge on any atom is -0.350 e. The van der Waals surface area contributed by atoms with Gasteiger partial charge in [-0.05, 0) is 81.3 Å². The molecule has 1 heterocycles. The number of para-hydroxylation sites is 1. The van der Waals surface area contributed by atoms with Crippen molar-refractivity contribution in [2.75, 3.05) is 18.4 Å². The number of urea groups is 1. The third-order valence-electron chi connectivity index (χ3n) is 7.60. The van der Waals surface area contributed by atoms with Crippen LogP contribution in [-0.4, -0.2) is 35.5 Å². The summed E-state index contributed by atoms with van der Waals surface area (Å²) in [6.07, 6.45) is 9.30. The molecule has 5 nitrogen and oxygen atoms in total. The number of benzene rings is 1. The number of anilines is 1. The molecule has 1 aromatic carbocycles. The topological polar surface area (TPSA) is 61.4 Å². The fourth-order valence-corrected chi connectivity index (χ4v) is 6.70. The van der Waals surface area contributed by atoms with E-state index in [0.29, 0.717) is 13.1 Å². The molecule has 4 aliphatic carbocycles. The molecule has 150 valence electrons. The highest BCUT2D eigenvalue weighted by Gasteiger charge is 2.51. The molecule has 1 aromatic rings. The van der Waals surface area contributed by atoms with Crippen LogP contribution in [0.15, 0.2) is 30.3 Å². The highest BCUT2D eigenvalue weighted by Crippen LogP contribution is 2.55. The molecule has 0 spiro atoms. The molecule has 1 aliphatic heterocycles. The van der Waals surface area contributed by atoms with E-state index in [4.69, 9.17) is 0 Å². The lowest BCUT2D eigenvalue weighted by molar-refractivity contribution is -0.132. The molecule has 6 rings (SSSR count). The molecule has 4 bridgehead atoms. The number of nitrogens with one attached hydrogen (secondary N) is 2. The Morgan fingerprint density at radius 2 is 1.46 bits per heavy atom. The first-order valence-corrected chi connectivity index (χ1v) is 11.0. The van der Waals surface area contributed by atoms with E-state index in [0.717, 1.165) is 36.3 Å². The Kier molecular flexibility index (Phi) is 4.56. The van der Waals surface area contributed by atoms with Crippen LogP contribution in [0.5, 0.6) is 0 Å². The monoisotopic (exact) mass is 381 g/mol. The molecule has 2 N–H and O–H groups in total. The molecule has 4 saturated carbocycles. The third kappa shape index (κ3) is 3.51. The maximum Gasteiger partial charge on any atom is 0.321 e. The van der Waals surface area contributed by atoms with Gasteiger partial charge in [-0.15, -0.1) is 0 Å². The molecule has 5 fully saturated rings. The van der Waals surface area contributed by atoms with E-state index in [2.05, 4.69) is 10.6 Å². The zero-order valence-corrected chi connectivity index (χ0v) is 16.5. The summed E-state index contributed by atoms with van der Waals surface area (Å²) >= 11 is 0. The second-order valence-electron chi connectivity index (χ2n) is 9.74. The van der Waals surface area contributed by atoms with Gasteiger partial charge >= 0.3 is 6.03 Å². The van der Waals surface area contributed by atoms with Gasteiger partial charge in [-0.3, -0.25) is 4.79 Å². The van der Waals surface area contributed by atoms with E-state index >= 15 is 0 Å². The number of piperidine rings is 1. The largest absolute Gasteiger partial charge is 0.350 e. The van der Waals surface area contributed by atoms with Crippen LogP contribution in [0.25, 0.3) is 0 Å². The van der Waals surface area contributed by atoms with Gasteiger partial charge in [0.2, 0.25) is 5.91 Å². The van der Waals surface area contributed by atoms with E-state index in [1.807, 2.05) is 35.2 Å². The number of carbonyl (C=O) groups excluding carboxylic acids is 2. The summed E-state index contributed by atoms with van der Waals surface area (Å²) in [6.45, 7) is 1.30. The first-order chi connectivity index (χ1) is 13.6. The lowest BCUT2D eigenvalue weighted by atomic mass is 9.53. The summed E-state index contributed by atoms with van der Waals surface area (Å²) in [5.74, 6) is 2.82. The predicted octanol–water partition coefficient (Wildman–Crippen LogP) is 4.02. The van der Waals surface area contributed by atoms with Crippen molar-refractivity contribution >= 4 is 17.6 Å². The van der Waals surface area contributed by atoms with Gasteiger partial charge < -0.3 is 15.5 Å². The number of hydrogen-bond acceptors (Lipinski definition) is 2. The van der Waals surface area contributed by atoms with Gasteiger partial charge in [0.1, 0.15) is 0 Å². The lowest BCUT2D eigenvalue weighted by Crippen LogP contribution is -2.61. The van der Waals surface area contributed by atoms with Crippen LogP contribution in [0, 0.1) is 23.7 Å². The van der Waals surface area contributed by atoms with Crippen LogP contribution in [-0.2, 0) is 4.79 Å². The number of amides is 3. The Morgan fingerprint density at radius 1 is 0.893 bits per heavy atom. The van der Waals surface area contributed by atoms with E-state index in [1.54, 1.807) is 0 Å². The number of rotatable bonds is 3. The van der Waals surface area contributed by atoms with Crippen molar-refractivity contribution in [3.63, 3.8) is 0 Å². The predicted molar refractivity (Wildman–Crippen MR) is 109 cm³/mol. The van der Waals surface area contributed by atoms with Crippen molar-refractivity contribution < 1.29 is 9.59 Å². The molecule has 1 saturated heterocycles. The Labute approximate surface area is 167 Å². The van der Waals surface area contributed by atoms with Crippen LogP contribution in [0.4, 0.5) is 10.5 Å². The summed E-state index contributed by atoms with van der Waals surface area (Å²) in [6, 6.07) is 9.48. The number of likely N-dealkylation sites (tertiary alicyclic amines) is 1. The summed E-state index contributed by atoms with van der Waals surface area (Å²) in [4.78, 5) is 27.3. The second-order valence-corrected chi connectivity index (χ2v) is 9.74. The van der Waals surface area contributed by atoms with Gasteiger partial charge in [0.25, 0.3) is 0 Å². The zero-order valence-electron chi connectivity index (χ0n) is 16.5. The smallest absolute Gasteiger partial charge is 0.321 e. The molecule has 0 radical (unpaired) electrons. The van der Waals surface area contributed by atoms with E-state index in [9.17, 15) is 9.59 Å². The van der Waals surface area contributed by atoms with Crippen LogP contribution in [0.2, 0.25) is 0 Å². The summed E-state index contributed by atoms with van der Waals surface area (Å²) in [5, 5.41) is 6.47. The van der Waals surface area contributed by atoms with Crippen molar-refractivity contribution in [1.82, 2.24) is 10.2 Å². The Hall–Kier alpha value is -2.04. The second kappa shape index (κ2) is 7.09. The average molecular weight is 382 g/mol. The van der Waals surface area contributed by atoms with Crippen molar-refractivity contribution in [3.8, 4) is 0 Å². The SMILES string of the molecule is O=C(NC12CC3CC(CC(C3)C1)C2)C1CCN(C(=O)Nc2ccccc2)CC1. The first kappa shape index (κ1) is 18.0. The van der Waals surface area contributed by atoms with Gasteiger partial charge in [-0.25, -0.2) is 4.79 Å².